The van der Waals surface area contributed by atoms with Crippen molar-refractivity contribution < 1.29 is 4.39 Å². The zero-order valence-electron chi connectivity index (χ0n) is 9.35. The highest BCUT2D eigenvalue weighted by molar-refractivity contribution is 7.98. The monoisotopic (exact) mass is 249 g/mol. The van der Waals surface area contributed by atoms with Crippen molar-refractivity contribution >= 4 is 17.6 Å². The standard InChI is InChI=1S/C12H12FN3S/c1-17-12-6-11(15-8-16-12)14-7-9-2-4-10(13)5-3-9/h2-6,8H,7H2,1H3,(H,14,15,16). The number of nitrogens with one attached hydrogen (secondary N) is 1. The van der Waals surface area contributed by atoms with Gasteiger partial charge >= 0.3 is 0 Å². The number of anilines is 1. The molecular formula is C12H12FN3S. The largest absolute Gasteiger partial charge is 0.366 e. The van der Waals surface area contributed by atoms with E-state index in [9.17, 15) is 4.39 Å². The van der Waals surface area contributed by atoms with E-state index in [4.69, 9.17) is 0 Å². The molecule has 0 bridgehead atoms. The first-order valence-corrected chi connectivity index (χ1v) is 6.35. The van der Waals surface area contributed by atoms with Gasteiger partial charge in [-0.05, 0) is 24.0 Å². The normalized spacial score (nSPS) is 10.2. The topological polar surface area (TPSA) is 37.8 Å². The van der Waals surface area contributed by atoms with Gasteiger partial charge in [0.1, 0.15) is 23.0 Å². The molecule has 0 aliphatic carbocycles. The lowest BCUT2D eigenvalue weighted by atomic mass is 10.2. The fraction of sp³-hybridized carbons (Fsp3) is 0.167. The predicted octanol–water partition coefficient (Wildman–Crippen LogP) is 2.95. The molecule has 1 aromatic carbocycles. The van der Waals surface area contributed by atoms with E-state index in [0.29, 0.717) is 6.54 Å². The fourth-order valence-corrected chi connectivity index (χ4v) is 1.72. The summed E-state index contributed by atoms with van der Waals surface area (Å²) in [7, 11) is 0. The van der Waals surface area contributed by atoms with Gasteiger partial charge in [-0.3, -0.25) is 0 Å². The van der Waals surface area contributed by atoms with Crippen LogP contribution in [0.3, 0.4) is 0 Å². The summed E-state index contributed by atoms with van der Waals surface area (Å²) in [5.74, 6) is 0.550. The summed E-state index contributed by atoms with van der Waals surface area (Å²) in [6, 6.07) is 8.28. The molecule has 3 nitrogen and oxygen atoms in total. The van der Waals surface area contributed by atoms with Gasteiger partial charge in [-0.1, -0.05) is 12.1 Å². The van der Waals surface area contributed by atoms with E-state index in [1.807, 2.05) is 12.3 Å². The third-order valence-corrected chi connectivity index (χ3v) is 2.88. The lowest BCUT2D eigenvalue weighted by Gasteiger charge is -2.06. The molecule has 0 aliphatic heterocycles. The van der Waals surface area contributed by atoms with E-state index in [1.165, 1.54) is 18.5 Å². The molecule has 0 saturated carbocycles. The highest BCUT2D eigenvalue weighted by Gasteiger charge is 1.98. The molecule has 0 atom stereocenters. The second-order valence-corrected chi connectivity index (χ2v) is 4.25. The summed E-state index contributed by atoms with van der Waals surface area (Å²) in [5, 5.41) is 4.09. The fourth-order valence-electron chi connectivity index (χ4n) is 1.34. The molecule has 0 saturated heterocycles. The minimum absolute atomic E-state index is 0.222. The molecule has 2 aromatic rings. The Kier molecular flexibility index (Phi) is 3.93. The molecule has 1 aromatic heterocycles. The SMILES string of the molecule is CSc1cc(NCc2ccc(F)cc2)ncn1. The van der Waals surface area contributed by atoms with Crippen LogP contribution in [0.2, 0.25) is 0 Å². The van der Waals surface area contributed by atoms with Gasteiger partial charge < -0.3 is 5.32 Å². The Balaban J connectivity index is 1.99. The van der Waals surface area contributed by atoms with Crippen molar-refractivity contribution in [1.82, 2.24) is 9.97 Å². The lowest BCUT2D eigenvalue weighted by molar-refractivity contribution is 0.627. The van der Waals surface area contributed by atoms with E-state index < -0.39 is 0 Å². The van der Waals surface area contributed by atoms with Crippen molar-refractivity contribution in [2.45, 2.75) is 11.6 Å². The van der Waals surface area contributed by atoms with Crippen LogP contribution in [-0.2, 0) is 6.54 Å². The first kappa shape index (κ1) is 11.9. The minimum atomic E-state index is -0.222. The molecule has 0 fully saturated rings. The summed E-state index contributed by atoms with van der Waals surface area (Å²) in [6.07, 6.45) is 3.49. The first-order valence-electron chi connectivity index (χ1n) is 5.12. The van der Waals surface area contributed by atoms with Gasteiger partial charge in [0.25, 0.3) is 0 Å². The van der Waals surface area contributed by atoms with E-state index in [1.54, 1.807) is 23.9 Å². The molecule has 0 spiro atoms. The van der Waals surface area contributed by atoms with Gasteiger partial charge in [0.05, 0.1) is 0 Å². The van der Waals surface area contributed by atoms with Crippen molar-refractivity contribution in [3.63, 3.8) is 0 Å². The zero-order chi connectivity index (χ0) is 12.1. The van der Waals surface area contributed by atoms with Crippen molar-refractivity contribution in [2.24, 2.45) is 0 Å². The van der Waals surface area contributed by atoms with Gasteiger partial charge in [0.2, 0.25) is 0 Å². The van der Waals surface area contributed by atoms with Gasteiger partial charge in [0.15, 0.2) is 0 Å². The minimum Gasteiger partial charge on any atom is -0.366 e. The predicted molar refractivity (Wildman–Crippen MR) is 67.5 cm³/mol. The van der Waals surface area contributed by atoms with Crippen molar-refractivity contribution in [1.29, 1.82) is 0 Å². The molecule has 5 heteroatoms. The maximum absolute atomic E-state index is 12.7. The van der Waals surface area contributed by atoms with Crippen LogP contribution in [0.4, 0.5) is 10.2 Å². The Bertz CT molecular complexity index is 487. The quantitative estimate of drug-likeness (QED) is 0.668. The average molecular weight is 249 g/mol. The van der Waals surface area contributed by atoms with Crippen LogP contribution >= 0.6 is 11.8 Å². The van der Waals surface area contributed by atoms with E-state index >= 15 is 0 Å². The number of benzene rings is 1. The smallest absolute Gasteiger partial charge is 0.130 e. The van der Waals surface area contributed by atoms with Gasteiger partial charge in [-0.15, -0.1) is 11.8 Å². The molecule has 0 radical (unpaired) electrons. The van der Waals surface area contributed by atoms with Crippen LogP contribution in [0.5, 0.6) is 0 Å². The maximum Gasteiger partial charge on any atom is 0.130 e. The first-order chi connectivity index (χ1) is 8.28. The number of thioether (sulfide) groups is 1. The summed E-state index contributed by atoms with van der Waals surface area (Å²) in [6.45, 7) is 0.616. The number of rotatable bonds is 4. The summed E-state index contributed by atoms with van der Waals surface area (Å²) < 4.78 is 12.7. The summed E-state index contributed by atoms with van der Waals surface area (Å²) in [5.41, 5.74) is 1.01. The van der Waals surface area contributed by atoms with Crippen molar-refractivity contribution in [3.8, 4) is 0 Å². The molecule has 0 amide bonds. The van der Waals surface area contributed by atoms with Gasteiger partial charge in [-0.25, -0.2) is 14.4 Å². The molecule has 0 aliphatic rings. The lowest BCUT2D eigenvalue weighted by Crippen LogP contribution is -2.01. The third-order valence-electron chi connectivity index (χ3n) is 2.24. The number of hydrogen-bond acceptors (Lipinski definition) is 4. The summed E-state index contributed by atoms with van der Waals surface area (Å²) in [4.78, 5) is 8.20. The molecule has 0 unspecified atom stereocenters. The zero-order valence-corrected chi connectivity index (χ0v) is 10.2. The second-order valence-electron chi connectivity index (χ2n) is 3.43. The average Bonchev–Trinajstić information content (AvgIpc) is 2.38. The number of nitrogens with zero attached hydrogens (tertiary/aromatic N) is 2. The molecule has 1 heterocycles. The highest BCUT2D eigenvalue weighted by Crippen LogP contribution is 2.14. The molecule has 17 heavy (non-hydrogen) atoms. The Morgan fingerprint density at radius 2 is 2.00 bits per heavy atom. The maximum atomic E-state index is 12.7. The number of halogens is 1. The molecule has 88 valence electrons. The third kappa shape index (κ3) is 3.42. The van der Waals surface area contributed by atoms with E-state index in [0.717, 1.165) is 16.4 Å². The van der Waals surface area contributed by atoms with Crippen LogP contribution in [0.15, 0.2) is 41.7 Å². The number of aromatic nitrogens is 2. The number of hydrogen-bond donors (Lipinski definition) is 1. The van der Waals surface area contributed by atoms with Crippen LogP contribution in [0, 0.1) is 5.82 Å². The highest BCUT2D eigenvalue weighted by atomic mass is 32.2. The van der Waals surface area contributed by atoms with Crippen LogP contribution in [0.1, 0.15) is 5.56 Å². The van der Waals surface area contributed by atoms with Crippen molar-refractivity contribution in [3.05, 3.63) is 48.0 Å². The van der Waals surface area contributed by atoms with Crippen LogP contribution < -0.4 is 5.32 Å². The van der Waals surface area contributed by atoms with Crippen LogP contribution in [-0.4, -0.2) is 16.2 Å². The molecular weight excluding hydrogens is 237 g/mol. The Morgan fingerprint density at radius 3 is 2.71 bits per heavy atom. The van der Waals surface area contributed by atoms with Crippen molar-refractivity contribution in [2.75, 3.05) is 11.6 Å². The van der Waals surface area contributed by atoms with Crippen LogP contribution in [0.25, 0.3) is 0 Å². The second kappa shape index (κ2) is 5.63. The Labute approximate surface area is 103 Å². The van der Waals surface area contributed by atoms with E-state index in [2.05, 4.69) is 15.3 Å². The summed E-state index contributed by atoms with van der Waals surface area (Å²) >= 11 is 1.57. The van der Waals surface area contributed by atoms with Gasteiger partial charge in [-0.2, -0.15) is 0 Å². The Morgan fingerprint density at radius 1 is 1.24 bits per heavy atom. The molecule has 2 rings (SSSR count). The Hall–Kier alpha value is -1.62. The molecule has 1 N–H and O–H groups in total. The van der Waals surface area contributed by atoms with Gasteiger partial charge in [0, 0.05) is 12.6 Å². The van der Waals surface area contributed by atoms with E-state index in [-0.39, 0.29) is 5.82 Å².